The van der Waals surface area contributed by atoms with E-state index in [4.69, 9.17) is 0 Å². The summed E-state index contributed by atoms with van der Waals surface area (Å²) in [4.78, 5) is 34.0. The van der Waals surface area contributed by atoms with Gasteiger partial charge in [-0.25, -0.2) is 14.2 Å². The van der Waals surface area contributed by atoms with Crippen LogP contribution in [0.1, 0.15) is 43.7 Å². The number of fused-ring (bicyclic) bond motifs is 1. The van der Waals surface area contributed by atoms with Gasteiger partial charge in [-0.05, 0) is 79.2 Å². The van der Waals surface area contributed by atoms with E-state index < -0.39 is 17.8 Å². The van der Waals surface area contributed by atoms with Gasteiger partial charge in [0.15, 0.2) is 0 Å². The van der Waals surface area contributed by atoms with E-state index in [9.17, 15) is 18.4 Å². The van der Waals surface area contributed by atoms with Gasteiger partial charge in [-0.3, -0.25) is 9.59 Å². The van der Waals surface area contributed by atoms with Crippen molar-refractivity contribution in [3.8, 4) is 0 Å². The van der Waals surface area contributed by atoms with E-state index in [2.05, 4.69) is 43.3 Å². The molecule has 2 aliphatic rings. The molecule has 0 spiro atoms. The van der Waals surface area contributed by atoms with Crippen LogP contribution < -0.4 is 26.4 Å². The molecule has 216 valence electrons. The molecule has 1 saturated heterocycles. The van der Waals surface area contributed by atoms with Crippen LogP contribution in [0.2, 0.25) is 0 Å². The summed E-state index contributed by atoms with van der Waals surface area (Å²) in [6, 6.07) is 17.9. The molecular weight excluding hydrogens is 540 g/mol. The number of aromatic amines is 1. The third-order valence-electron chi connectivity index (χ3n) is 7.59. The minimum atomic E-state index is -0.627. The molecule has 6 rings (SSSR count). The van der Waals surface area contributed by atoms with Gasteiger partial charge < -0.3 is 30.8 Å². The number of anilines is 3. The Morgan fingerprint density at radius 1 is 0.905 bits per heavy atom. The molecule has 5 N–H and O–H groups in total. The zero-order valence-electron chi connectivity index (χ0n) is 23.0. The van der Waals surface area contributed by atoms with Crippen LogP contribution in [0.3, 0.4) is 0 Å². The smallest absolute Gasteiger partial charge is 0.272 e. The first-order valence-corrected chi connectivity index (χ1v) is 13.7. The Morgan fingerprint density at radius 3 is 2.43 bits per heavy atom. The fraction of sp³-hybridized carbons (Fsp3) is 0.226. The van der Waals surface area contributed by atoms with Crippen molar-refractivity contribution < 1.29 is 18.4 Å². The van der Waals surface area contributed by atoms with E-state index in [0.29, 0.717) is 28.9 Å². The molecule has 4 aromatic rings. The topological polar surface area (TPSA) is 105 Å². The number of hydrogen-bond acceptors (Lipinski definition) is 6. The lowest BCUT2D eigenvalue weighted by molar-refractivity contribution is 0.0933. The Kier molecular flexibility index (Phi) is 7.60. The highest BCUT2D eigenvalue weighted by Crippen LogP contribution is 2.30. The Balaban J connectivity index is 1.24. The van der Waals surface area contributed by atoms with Crippen molar-refractivity contribution in [1.82, 2.24) is 20.6 Å². The second-order valence-electron chi connectivity index (χ2n) is 10.6. The summed E-state index contributed by atoms with van der Waals surface area (Å²) in [5, 5.41) is 5.91. The van der Waals surface area contributed by atoms with Crippen molar-refractivity contribution in [2.24, 2.45) is 0 Å². The number of H-pyrrole nitrogens is 1. The molecule has 42 heavy (non-hydrogen) atoms. The maximum atomic E-state index is 13.7. The van der Waals surface area contributed by atoms with Crippen molar-refractivity contribution in [1.29, 1.82) is 0 Å². The van der Waals surface area contributed by atoms with E-state index in [1.165, 1.54) is 12.1 Å². The van der Waals surface area contributed by atoms with E-state index >= 15 is 0 Å². The van der Waals surface area contributed by atoms with Gasteiger partial charge in [-0.2, -0.15) is 0 Å². The number of halogens is 2. The third kappa shape index (κ3) is 5.97. The van der Waals surface area contributed by atoms with Gasteiger partial charge in [0.25, 0.3) is 11.8 Å². The minimum Gasteiger partial charge on any atom is -0.369 e. The molecule has 0 radical (unpaired) electrons. The van der Waals surface area contributed by atoms with Gasteiger partial charge in [-0.15, -0.1) is 0 Å². The number of nitrogens with zero attached hydrogens (tertiary/aromatic N) is 2. The number of hydrogen-bond donors (Lipinski definition) is 5. The van der Waals surface area contributed by atoms with Gasteiger partial charge in [0, 0.05) is 49.7 Å². The second-order valence-corrected chi connectivity index (χ2v) is 10.6. The van der Waals surface area contributed by atoms with E-state index in [-0.39, 0.29) is 11.8 Å². The maximum Gasteiger partial charge on any atom is 0.272 e. The summed E-state index contributed by atoms with van der Waals surface area (Å²) >= 11 is 0. The summed E-state index contributed by atoms with van der Waals surface area (Å²) in [6.45, 7) is 3.51. The number of rotatable bonds is 7. The number of amides is 2. The van der Waals surface area contributed by atoms with Crippen molar-refractivity contribution in [2.45, 2.75) is 12.6 Å². The van der Waals surface area contributed by atoms with Crippen LogP contribution in [0.15, 0.2) is 72.9 Å². The van der Waals surface area contributed by atoms with E-state index in [1.807, 2.05) is 30.3 Å². The zero-order chi connectivity index (χ0) is 29.2. The predicted octanol–water partition coefficient (Wildman–Crippen LogP) is 4.25. The normalized spacial score (nSPS) is 16.5. The van der Waals surface area contributed by atoms with Crippen molar-refractivity contribution in [2.75, 3.05) is 48.9 Å². The number of carbonyl (C=O) groups excluding carboxylic acids is 2. The van der Waals surface area contributed by atoms with Crippen molar-refractivity contribution in [3.63, 3.8) is 0 Å². The molecule has 1 fully saturated rings. The quantitative estimate of drug-likeness (QED) is 0.227. The molecule has 9 nitrogen and oxygen atoms in total. The number of carbonyl (C=O) groups is 2. The lowest BCUT2D eigenvalue weighted by Crippen LogP contribution is -2.44. The number of piperazine rings is 1. The zero-order valence-corrected chi connectivity index (χ0v) is 23.0. The van der Waals surface area contributed by atoms with Gasteiger partial charge in [0.1, 0.15) is 23.5 Å². The molecule has 1 aromatic heterocycles. The molecule has 2 amide bonds. The standard InChI is InChI=1S/C31H31F2N7O2/c1-39-9-11-40(12-10-39)23-5-6-24(28(18-23)35-31(42)27-3-2-8-34-27)30(41)36-29-25-16-19(4-7-26(25)37-38-29)13-20-14-21(32)17-22(33)15-20/h2-8,14-18,29,34,37-38H,9-13H2,1H3,(H,35,42)(H,36,41). The third-order valence-corrected chi connectivity index (χ3v) is 7.59. The highest BCUT2D eigenvalue weighted by atomic mass is 19.1. The average Bonchev–Trinajstić information content (AvgIpc) is 3.64. The van der Waals surface area contributed by atoms with Crippen molar-refractivity contribution >= 4 is 28.9 Å². The van der Waals surface area contributed by atoms with Gasteiger partial charge in [0.2, 0.25) is 0 Å². The van der Waals surface area contributed by atoms with Crippen LogP contribution in [0.5, 0.6) is 0 Å². The predicted molar refractivity (Wildman–Crippen MR) is 157 cm³/mol. The Bertz CT molecular complexity index is 1600. The number of aromatic nitrogens is 1. The van der Waals surface area contributed by atoms with Gasteiger partial charge in [-0.1, -0.05) is 6.07 Å². The molecule has 3 heterocycles. The SMILES string of the molecule is CN1CCN(c2ccc(C(=O)NC3NNc4ccc(Cc5cc(F)cc(F)c5)cc43)c(NC(=O)c3ccc[nH]3)c2)CC1. The van der Waals surface area contributed by atoms with Crippen molar-refractivity contribution in [3.05, 3.63) is 113 Å². The molecule has 11 heteroatoms. The first kappa shape index (κ1) is 27.4. The van der Waals surface area contributed by atoms with E-state index in [0.717, 1.165) is 54.7 Å². The molecule has 0 saturated carbocycles. The molecule has 3 aromatic carbocycles. The minimum absolute atomic E-state index is 0.314. The van der Waals surface area contributed by atoms with Gasteiger partial charge in [0.05, 0.1) is 16.9 Å². The number of likely N-dealkylation sites (N-methyl/N-ethyl adjacent to an activating group) is 1. The van der Waals surface area contributed by atoms with E-state index in [1.54, 1.807) is 24.4 Å². The Hall–Kier alpha value is -4.74. The summed E-state index contributed by atoms with van der Waals surface area (Å²) in [7, 11) is 2.08. The van der Waals surface area contributed by atoms with Crippen LogP contribution >= 0.6 is 0 Å². The number of nitrogens with one attached hydrogen (secondary N) is 5. The summed E-state index contributed by atoms with van der Waals surface area (Å²) in [6.07, 6.45) is 1.41. The van der Waals surface area contributed by atoms with Crippen LogP contribution in [0.25, 0.3) is 0 Å². The van der Waals surface area contributed by atoms with Crippen LogP contribution in [-0.4, -0.2) is 54.9 Å². The first-order valence-electron chi connectivity index (χ1n) is 13.7. The molecular formula is C31H31F2N7O2. The largest absolute Gasteiger partial charge is 0.369 e. The lowest BCUT2D eigenvalue weighted by atomic mass is 10.0. The fourth-order valence-corrected chi connectivity index (χ4v) is 5.33. The maximum absolute atomic E-state index is 13.7. The number of benzene rings is 3. The molecule has 2 aliphatic heterocycles. The van der Waals surface area contributed by atoms with Crippen LogP contribution in [0, 0.1) is 11.6 Å². The lowest BCUT2D eigenvalue weighted by Gasteiger charge is -2.34. The van der Waals surface area contributed by atoms with Gasteiger partial charge >= 0.3 is 0 Å². The Morgan fingerprint density at radius 2 is 1.69 bits per heavy atom. The van der Waals surface area contributed by atoms with Crippen LogP contribution in [0.4, 0.5) is 25.8 Å². The average molecular weight is 572 g/mol. The fourth-order valence-electron chi connectivity index (χ4n) is 5.33. The first-order chi connectivity index (χ1) is 20.3. The molecule has 1 atom stereocenters. The summed E-state index contributed by atoms with van der Waals surface area (Å²) in [5.74, 6) is -1.99. The summed E-state index contributed by atoms with van der Waals surface area (Å²) in [5.41, 5.74) is 11.1. The monoisotopic (exact) mass is 571 g/mol. The summed E-state index contributed by atoms with van der Waals surface area (Å²) < 4.78 is 27.4. The molecule has 1 unspecified atom stereocenters. The molecule has 0 aliphatic carbocycles. The highest BCUT2D eigenvalue weighted by Gasteiger charge is 2.26. The Labute approximate surface area is 241 Å². The second kappa shape index (κ2) is 11.6. The van der Waals surface area contributed by atoms with Crippen LogP contribution in [-0.2, 0) is 6.42 Å². The number of hydrazine groups is 1. The highest BCUT2D eigenvalue weighted by molar-refractivity contribution is 6.09. The molecule has 0 bridgehead atoms.